The number of nitrogens with zero attached hydrogens (tertiary/aromatic N) is 2. The molecule has 1 aliphatic carbocycles. The molecule has 0 spiro atoms. The van der Waals surface area contributed by atoms with Gasteiger partial charge in [-0.25, -0.2) is 0 Å². The van der Waals surface area contributed by atoms with Crippen molar-refractivity contribution in [2.75, 3.05) is 13.2 Å². The fraction of sp³-hybridized carbons (Fsp3) is 0.111. The molecule has 3 rings (SSSR count). The second-order valence-corrected chi connectivity index (χ2v) is 5.01. The molecule has 6 heteroatoms. The molecule has 0 amide bonds. The average molecular weight is 322 g/mol. The maximum absolute atomic E-state index is 12.4. The molecule has 0 N–H and O–H groups in total. The van der Waals surface area contributed by atoms with E-state index in [9.17, 15) is 9.59 Å². The molecule has 2 aromatic rings. The number of hydrogen-bond acceptors (Lipinski definition) is 6. The molecule has 0 atom stereocenters. The molecule has 0 aromatic carbocycles. The molecule has 1 aliphatic rings. The predicted octanol–water partition coefficient (Wildman–Crippen LogP) is 1.94. The van der Waals surface area contributed by atoms with Gasteiger partial charge in [-0.3, -0.25) is 19.6 Å². The topological polar surface area (TPSA) is 78.4 Å². The normalized spacial score (nSPS) is 14.0. The summed E-state index contributed by atoms with van der Waals surface area (Å²) in [6.45, 7) is 0.0301. The third kappa shape index (κ3) is 3.92. The van der Waals surface area contributed by atoms with Crippen LogP contribution in [0, 0.1) is 0 Å². The number of carbonyl (C=O) groups excluding carboxylic acids is 2. The van der Waals surface area contributed by atoms with E-state index in [0.717, 1.165) is 0 Å². The van der Waals surface area contributed by atoms with Gasteiger partial charge in [0.05, 0.1) is 0 Å². The highest BCUT2D eigenvalue weighted by Crippen LogP contribution is 2.17. The highest BCUT2D eigenvalue weighted by atomic mass is 16.5. The van der Waals surface area contributed by atoms with Crippen molar-refractivity contribution in [3.63, 3.8) is 0 Å². The highest BCUT2D eigenvalue weighted by molar-refractivity contribution is 6.20. The van der Waals surface area contributed by atoms with Gasteiger partial charge in [0.1, 0.15) is 24.7 Å². The van der Waals surface area contributed by atoms with E-state index in [0.29, 0.717) is 22.6 Å². The standard InChI is InChI=1S/C18H14N2O4/c21-15-9-13(11-23-16-1-5-19-6-2-16)18(22)14(10-15)12-24-17-3-7-20-8-4-17/h1-10H,11-12H2. The van der Waals surface area contributed by atoms with E-state index in [1.807, 2.05) is 0 Å². The first kappa shape index (κ1) is 15.6. The number of allylic oxidation sites excluding steroid dienone is 2. The number of ether oxygens (including phenoxy) is 2. The molecule has 0 fully saturated rings. The minimum Gasteiger partial charge on any atom is -0.489 e. The van der Waals surface area contributed by atoms with Crippen LogP contribution in [0.2, 0.25) is 0 Å². The van der Waals surface area contributed by atoms with Crippen LogP contribution in [-0.4, -0.2) is 34.7 Å². The van der Waals surface area contributed by atoms with Gasteiger partial charge in [-0.05, 0) is 36.4 Å². The predicted molar refractivity (Wildman–Crippen MR) is 85.6 cm³/mol. The molecular formula is C18H14N2O4. The van der Waals surface area contributed by atoms with Gasteiger partial charge in [-0.1, -0.05) is 0 Å². The molecule has 0 saturated heterocycles. The van der Waals surface area contributed by atoms with Crippen LogP contribution in [0.4, 0.5) is 0 Å². The molecule has 2 aromatic heterocycles. The Morgan fingerprint density at radius 1 is 0.708 bits per heavy atom. The van der Waals surface area contributed by atoms with Crippen molar-refractivity contribution in [3.05, 3.63) is 72.4 Å². The molecule has 120 valence electrons. The van der Waals surface area contributed by atoms with Gasteiger partial charge in [-0.15, -0.1) is 0 Å². The van der Waals surface area contributed by atoms with Crippen molar-refractivity contribution in [1.82, 2.24) is 9.97 Å². The SMILES string of the molecule is O=C1C=C(COc2ccncc2)C(=O)C(COc2ccncc2)=C1. The van der Waals surface area contributed by atoms with Crippen molar-refractivity contribution >= 4 is 11.6 Å². The zero-order valence-corrected chi connectivity index (χ0v) is 12.7. The van der Waals surface area contributed by atoms with Crippen LogP contribution in [0.5, 0.6) is 11.5 Å². The molecule has 0 unspecified atom stereocenters. The highest BCUT2D eigenvalue weighted by Gasteiger charge is 2.22. The summed E-state index contributed by atoms with van der Waals surface area (Å²) in [5.74, 6) is 0.652. The maximum atomic E-state index is 12.4. The molecule has 2 heterocycles. The molecule has 0 saturated carbocycles. The fourth-order valence-corrected chi connectivity index (χ4v) is 2.13. The smallest absolute Gasteiger partial charge is 0.192 e. The zero-order valence-electron chi connectivity index (χ0n) is 12.7. The molecule has 0 aliphatic heterocycles. The molecule has 0 radical (unpaired) electrons. The zero-order chi connectivity index (χ0) is 16.8. The van der Waals surface area contributed by atoms with Gasteiger partial charge in [0.15, 0.2) is 11.6 Å². The Labute approximate surface area is 138 Å². The summed E-state index contributed by atoms with van der Waals surface area (Å²) in [5.41, 5.74) is 0.597. The lowest BCUT2D eigenvalue weighted by molar-refractivity contribution is -0.115. The van der Waals surface area contributed by atoms with Crippen molar-refractivity contribution in [3.8, 4) is 11.5 Å². The van der Waals surface area contributed by atoms with Gasteiger partial charge >= 0.3 is 0 Å². The van der Waals surface area contributed by atoms with Crippen molar-refractivity contribution in [2.45, 2.75) is 0 Å². The van der Waals surface area contributed by atoms with Crippen molar-refractivity contribution in [2.24, 2.45) is 0 Å². The first-order valence-corrected chi connectivity index (χ1v) is 7.28. The lowest BCUT2D eigenvalue weighted by atomic mass is 9.97. The van der Waals surface area contributed by atoms with E-state index in [-0.39, 0.29) is 24.8 Å². The summed E-state index contributed by atoms with van der Waals surface area (Å²) >= 11 is 0. The van der Waals surface area contributed by atoms with Crippen LogP contribution < -0.4 is 9.47 Å². The third-order valence-electron chi connectivity index (χ3n) is 3.30. The van der Waals surface area contributed by atoms with Crippen molar-refractivity contribution < 1.29 is 19.1 Å². The van der Waals surface area contributed by atoms with Crippen LogP contribution in [0.1, 0.15) is 0 Å². The Morgan fingerprint density at radius 2 is 1.12 bits per heavy atom. The van der Waals surface area contributed by atoms with Gasteiger partial charge in [0, 0.05) is 35.9 Å². The number of aromatic nitrogens is 2. The van der Waals surface area contributed by atoms with Crippen LogP contribution in [0.25, 0.3) is 0 Å². The molecule has 6 nitrogen and oxygen atoms in total. The van der Waals surface area contributed by atoms with E-state index in [4.69, 9.17) is 9.47 Å². The molecule has 24 heavy (non-hydrogen) atoms. The number of rotatable bonds is 6. The first-order valence-electron chi connectivity index (χ1n) is 7.28. The monoisotopic (exact) mass is 322 g/mol. The van der Waals surface area contributed by atoms with E-state index < -0.39 is 0 Å². The summed E-state index contributed by atoms with van der Waals surface area (Å²) in [6.07, 6.45) is 8.94. The number of pyridine rings is 2. The Balaban J connectivity index is 1.63. The summed E-state index contributed by atoms with van der Waals surface area (Å²) in [6, 6.07) is 6.72. The van der Waals surface area contributed by atoms with Crippen LogP contribution in [0.3, 0.4) is 0 Å². The van der Waals surface area contributed by atoms with Gasteiger partial charge in [-0.2, -0.15) is 0 Å². The fourth-order valence-electron chi connectivity index (χ4n) is 2.13. The lowest BCUT2D eigenvalue weighted by Gasteiger charge is -2.15. The van der Waals surface area contributed by atoms with Crippen LogP contribution in [-0.2, 0) is 9.59 Å². The van der Waals surface area contributed by atoms with E-state index in [2.05, 4.69) is 9.97 Å². The first-order chi connectivity index (χ1) is 11.7. The minimum absolute atomic E-state index is 0.0151. The lowest BCUT2D eigenvalue weighted by Crippen LogP contribution is -2.22. The Morgan fingerprint density at radius 3 is 1.54 bits per heavy atom. The molecule has 0 bridgehead atoms. The Hall–Kier alpha value is -3.28. The molecular weight excluding hydrogens is 308 g/mol. The van der Waals surface area contributed by atoms with Gasteiger partial charge < -0.3 is 9.47 Å². The number of carbonyl (C=O) groups is 2. The summed E-state index contributed by atoms with van der Waals surface area (Å²) < 4.78 is 11.0. The van der Waals surface area contributed by atoms with Crippen molar-refractivity contribution in [1.29, 1.82) is 0 Å². The largest absolute Gasteiger partial charge is 0.489 e. The summed E-state index contributed by atoms with van der Waals surface area (Å²) in [5, 5.41) is 0. The second kappa shape index (κ2) is 7.32. The van der Waals surface area contributed by atoms with Crippen LogP contribution in [0.15, 0.2) is 72.4 Å². The Kier molecular flexibility index (Phi) is 4.76. The maximum Gasteiger partial charge on any atom is 0.192 e. The van der Waals surface area contributed by atoms with E-state index >= 15 is 0 Å². The van der Waals surface area contributed by atoms with Gasteiger partial charge in [0.25, 0.3) is 0 Å². The Bertz CT molecular complexity index is 733. The third-order valence-corrected chi connectivity index (χ3v) is 3.30. The summed E-state index contributed by atoms with van der Waals surface area (Å²) in [4.78, 5) is 32.0. The summed E-state index contributed by atoms with van der Waals surface area (Å²) in [7, 11) is 0. The quantitative estimate of drug-likeness (QED) is 0.756. The van der Waals surface area contributed by atoms with E-state index in [1.54, 1.807) is 49.1 Å². The second-order valence-electron chi connectivity index (χ2n) is 5.01. The average Bonchev–Trinajstić information content (AvgIpc) is 2.62. The van der Waals surface area contributed by atoms with E-state index in [1.165, 1.54) is 12.2 Å². The number of Topliss-reactive ketones (excluding diaryl/α,β-unsaturated/α-hetero) is 1. The number of hydrogen-bond donors (Lipinski definition) is 0. The number of ketones is 2. The van der Waals surface area contributed by atoms with Gasteiger partial charge in [0.2, 0.25) is 0 Å². The van der Waals surface area contributed by atoms with Crippen LogP contribution >= 0.6 is 0 Å². The minimum atomic E-state index is -0.253.